The lowest BCUT2D eigenvalue weighted by Gasteiger charge is -2.19. The summed E-state index contributed by atoms with van der Waals surface area (Å²) in [6.45, 7) is 3.67. The van der Waals surface area contributed by atoms with Crippen LogP contribution in [-0.2, 0) is 11.3 Å². The lowest BCUT2D eigenvalue weighted by molar-refractivity contribution is -0.147. The van der Waals surface area contributed by atoms with Gasteiger partial charge in [-0.2, -0.15) is 0 Å². The number of carboxylic acids is 1. The summed E-state index contributed by atoms with van der Waals surface area (Å²) < 4.78 is 6.65. The van der Waals surface area contributed by atoms with Crippen molar-refractivity contribution < 1.29 is 14.3 Å². The van der Waals surface area contributed by atoms with Gasteiger partial charge in [0.25, 0.3) is 5.56 Å². The number of aryl methyl sites for hydroxylation is 1. The zero-order valence-corrected chi connectivity index (χ0v) is 10.3. The molecule has 2 rings (SSSR count). The van der Waals surface area contributed by atoms with Gasteiger partial charge in [-0.15, -0.1) is 0 Å². The van der Waals surface area contributed by atoms with Crippen molar-refractivity contribution in [1.82, 2.24) is 4.57 Å². The first-order valence-corrected chi connectivity index (χ1v) is 5.72. The molecule has 2 aromatic rings. The van der Waals surface area contributed by atoms with Crippen LogP contribution in [0.2, 0.25) is 0 Å². The Morgan fingerprint density at radius 1 is 1.44 bits per heavy atom. The van der Waals surface area contributed by atoms with Gasteiger partial charge in [-0.25, -0.2) is 0 Å². The molecule has 2 aromatic heterocycles. The monoisotopic (exact) mass is 249 g/mol. The van der Waals surface area contributed by atoms with Gasteiger partial charge in [0.1, 0.15) is 5.58 Å². The van der Waals surface area contributed by atoms with Gasteiger partial charge >= 0.3 is 5.97 Å². The fourth-order valence-corrected chi connectivity index (χ4v) is 1.69. The summed E-state index contributed by atoms with van der Waals surface area (Å²) >= 11 is 0. The van der Waals surface area contributed by atoms with E-state index in [1.54, 1.807) is 32.2 Å². The largest absolute Gasteiger partial charge is 0.481 e. The molecule has 0 aliphatic carbocycles. The third kappa shape index (κ3) is 2.16. The highest BCUT2D eigenvalue weighted by molar-refractivity contribution is 5.75. The van der Waals surface area contributed by atoms with Crippen LogP contribution in [0.15, 0.2) is 33.8 Å². The van der Waals surface area contributed by atoms with Gasteiger partial charge in [-0.1, -0.05) is 0 Å². The van der Waals surface area contributed by atoms with Crippen molar-refractivity contribution in [2.75, 3.05) is 0 Å². The van der Waals surface area contributed by atoms with E-state index in [4.69, 9.17) is 9.52 Å². The van der Waals surface area contributed by atoms with Crippen molar-refractivity contribution in [2.45, 2.75) is 26.8 Å². The molecule has 0 aromatic carbocycles. The predicted molar refractivity (Wildman–Crippen MR) is 66.5 cm³/mol. The molecule has 5 heteroatoms. The number of rotatable bonds is 4. The molecule has 0 amide bonds. The van der Waals surface area contributed by atoms with E-state index in [2.05, 4.69) is 0 Å². The second-order valence-electron chi connectivity index (χ2n) is 4.95. The molecule has 0 aliphatic rings. The number of hydrogen-bond donors (Lipinski definition) is 1. The lowest BCUT2D eigenvalue weighted by atomic mass is 9.89. The maximum atomic E-state index is 12.0. The number of carbonyl (C=O) groups is 1. The lowest BCUT2D eigenvalue weighted by Crippen LogP contribution is -2.28. The van der Waals surface area contributed by atoms with Crippen molar-refractivity contribution in [3.8, 4) is 0 Å². The van der Waals surface area contributed by atoms with Crippen LogP contribution in [0, 0.1) is 5.41 Å². The molecule has 0 bridgehead atoms. The van der Waals surface area contributed by atoms with Crippen LogP contribution < -0.4 is 5.56 Å². The first kappa shape index (κ1) is 12.4. The first-order chi connectivity index (χ1) is 8.42. The topological polar surface area (TPSA) is 72.4 Å². The smallest absolute Gasteiger partial charge is 0.309 e. The zero-order chi connectivity index (χ0) is 13.3. The van der Waals surface area contributed by atoms with Crippen LogP contribution in [0.3, 0.4) is 0 Å². The molecule has 0 unspecified atom stereocenters. The van der Waals surface area contributed by atoms with Gasteiger partial charge in [0.2, 0.25) is 0 Å². The summed E-state index contributed by atoms with van der Waals surface area (Å²) in [5.41, 5.74) is -0.443. The van der Waals surface area contributed by atoms with Crippen LogP contribution in [0.5, 0.6) is 0 Å². The molecule has 0 spiro atoms. The molecule has 0 aliphatic heterocycles. The van der Waals surface area contributed by atoms with Crippen molar-refractivity contribution in [2.24, 2.45) is 5.41 Å². The number of nitrogens with zero attached hydrogens (tertiary/aromatic N) is 1. The van der Waals surface area contributed by atoms with Gasteiger partial charge < -0.3 is 14.1 Å². The van der Waals surface area contributed by atoms with Crippen LogP contribution in [0.1, 0.15) is 20.3 Å². The quantitative estimate of drug-likeness (QED) is 0.900. The minimum atomic E-state index is -0.861. The molecule has 0 radical (unpaired) electrons. The van der Waals surface area contributed by atoms with Crippen molar-refractivity contribution in [1.29, 1.82) is 0 Å². The average molecular weight is 249 g/mol. The summed E-state index contributed by atoms with van der Waals surface area (Å²) in [5.74, 6) is -0.861. The highest BCUT2D eigenvalue weighted by atomic mass is 16.4. The molecule has 18 heavy (non-hydrogen) atoms. The fourth-order valence-electron chi connectivity index (χ4n) is 1.69. The number of hydrogen-bond acceptors (Lipinski definition) is 3. The van der Waals surface area contributed by atoms with Crippen molar-refractivity contribution in [3.63, 3.8) is 0 Å². The number of fused-ring (bicyclic) bond motifs is 1. The summed E-state index contributed by atoms with van der Waals surface area (Å²) in [7, 11) is 0. The minimum Gasteiger partial charge on any atom is -0.481 e. The van der Waals surface area contributed by atoms with Crippen LogP contribution >= 0.6 is 0 Å². The highest BCUT2D eigenvalue weighted by Gasteiger charge is 2.26. The molecule has 0 fully saturated rings. The van der Waals surface area contributed by atoms with Gasteiger partial charge in [0.15, 0.2) is 0 Å². The van der Waals surface area contributed by atoms with E-state index in [1.807, 2.05) is 0 Å². The molecule has 96 valence electrons. The van der Waals surface area contributed by atoms with E-state index in [0.29, 0.717) is 23.9 Å². The van der Waals surface area contributed by atoms with Gasteiger partial charge in [-0.05, 0) is 32.4 Å². The highest BCUT2D eigenvalue weighted by Crippen LogP contribution is 2.21. The molecule has 5 nitrogen and oxygen atoms in total. The maximum Gasteiger partial charge on any atom is 0.309 e. The van der Waals surface area contributed by atoms with Crippen LogP contribution in [0.25, 0.3) is 11.0 Å². The fraction of sp³-hybridized carbons (Fsp3) is 0.385. The Labute approximate surface area is 104 Å². The molecular formula is C13H15NO4. The number of carboxylic acid groups (broad SMARTS) is 1. The predicted octanol–water partition coefficient (Wildman–Crippen LogP) is 2.10. The standard InChI is InChI=1S/C13H15NO4/c1-13(2,12(16)17)5-7-14-6-3-10-9(11(14)15)4-8-18-10/h3-4,6,8H,5,7H2,1-2H3,(H,16,17). The summed E-state index contributed by atoms with van der Waals surface area (Å²) in [6, 6.07) is 3.33. The van der Waals surface area contributed by atoms with E-state index >= 15 is 0 Å². The maximum absolute atomic E-state index is 12.0. The third-order valence-electron chi connectivity index (χ3n) is 3.15. The second-order valence-corrected chi connectivity index (χ2v) is 4.95. The Kier molecular flexibility index (Phi) is 2.98. The summed E-state index contributed by atoms with van der Waals surface area (Å²) in [4.78, 5) is 23.0. The number of pyridine rings is 1. The Balaban J connectivity index is 2.25. The van der Waals surface area contributed by atoms with E-state index < -0.39 is 11.4 Å². The molecule has 0 saturated carbocycles. The van der Waals surface area contributed by atoms with E-state index in [9.17, 15) is 9.59 Å². The third-order valence-corrected chi connectivity index (χ3v) is 3.15. The Bertz CT molecular complexity index is 636. The minimum absolute atomic E-state index is 0.151. The summed E-state index contributed by atoms with van der Waals surface area (Å²) in [6.07, 6.45) is 3.50. The molecule has 0 atom stereocenters. The number of furan rings is 1. The van der Waals surface area contributed by atoms with Gasteiger partial charge in [-0.3, -0.25) is 9.59 Å². The van der Waals surface area contributed by atoms with E-state index in [0.717, 1.165) is 0 Å². The summed E-state index contributed by atoms with van der Waals surface area (Å²) in [5, 5.41) is 9.54. The van der Waals surface area contributed by atoms with Gasteiger partial charge in [0, 0.05) is 12.7 Å². The average Bonchev–Trinajstić information content (AvgIpc) is 2.77. The molecule has 0 saturated heterocycles. The number of aliphatic carboxylic acids is 1. The normalized spacial score (nSPS) is 11.9. The van der Waals surface area contributed by atoms with Crippen LogP contribution in [-0.4, -0.2) is 15.6 Å². The second kappa shape index (κ2) is 4.33. The SMILES string of the molecule is CC(C)(CCn1ccc2occc2c1=O)C(=O)O. The van der Waals surface area contributed by atoms with E-state index in [-0.39, 0.29) is 5.56 Å². The molecule has 2 heterocycles. The zero-order valence-electron chi connectivity index (χ0n) is 10.3. The van der Waals surface area contributed by atoms with Crippen molar-refractivity contribution in [3.05, 3.63) is 34.9 Å². The van der Waals surface area contributed by atoms with E-state index in [1.165, 1.54) is 10.8 Å². The molecular weight excluding hydrogens is 234 g/mol. The Hall–Kier alpha value is -2.04. The van der Waals surface area contributed by atoms with Crippen molar-refractivity contribution >= 4 is 16.9 Å². The first-order valence-electron chi connectivity index (χ1n) is 5.72. The Morgan fingerprint density at radius 2 is 2.17 bits per heavy atom. The number of aromatic nitrogens is 1. The molecule has 1 N–H and O–H groups in total. The van der Waals surface area contributed by atoms with Gasteiger partial charge in [0.05, 0.1) is 17.1 Å². The Morgan fingerprint density at radius 3 is 2.83 bits per heavy atom. The van der Waals surface area contributed by atoms with Crippen LogP contribution in [0.4, 0.5) is 0 Å².